The number of hydrogen-bond acceptors (Lipinski definition) is 5. The van der Waals surface area contributed by atoms with Crippen molar-refractivity contribution >= 4 is 5.90 Å². The molecule has 0 saturated carbocycles. The lowest BCUT2D eigenvalue weighted by Gasteiger charge is -1.89. The maximum absolute atomic E-state index is 6.72. The maximum Gasteiger partial charge on any atom is 0.255 e. The number of rotatable bonds is 0. The van der Waals surface area contributed by atoms with E-state index >= 15 is 0 Å². The van der Waals surface area contributed by atoms with Gasteiger partial charge in [0.05, 0.1) is 0 Å². The topological polar surface area (TPSA) is 80.4 Å². The lowest BCUT2D eigenvalue weighted by Crippen LogP contribution is -2.26. The Balaban J connectivity index is 2.48. The first-order valence-corrected chi connectivity index (χ1v) is 1.72. The van der Waals surface area contributed by atoms with Crippen LogP contribution in [0.2, 0.25) is 0 Å². The van der Waals surface area contributed by atoms with Gasteiger partial charge in [-0.05, 0) is 5.64 Å². The van der Waals surface area contributed by atoms with Crippen molar-refractivity contribution in [3.8, 4) is 0 Å². The molecular formula is C2H5N3O2. The fraction of sp³-hybridized carbons (Fsp3) is 0.500. The third-order valence-electron chi connectivity index (χ3n) is 0.585. The molecule has 0 aromatic rings. The van der Waals surface area contributed by atoms with Gasteiger partial charge in [-0.1, -0.05) is 0 Å². The van der Waals surface area contributed by atoms with Crippen LogP contribution in [-0.2, 0) is 9.68 Å². The van der Waals surface area contributed by atoms with E-state index in [-0.39, 0.29) is 5.90 Å². The van der Waals surface area contributed by atoms with Crippen molar-refractivity contribution < 1.29 is 9.68 Å². The second kappa shape index (κ2) is 1.45. The Labute approximate surface area is 39.8 Å². The molecular weight excluding hydrogens is 98.0 g/mol. The third-order valence-corrected chi connectivity index (χ3v) is 0.585. The molecule has 1 saturated heterocycles. The maximum atomic E-state index is 6.72. The molecule has 0 bridgehead atoms. The zero-order valence-electron chi connectivity index (χ0n) is 3.47. The van der Waals surface area contributed by atoms with E-state index in [1.165, 1.54) is 0 Å². The fourth-order valence-corrected chi connectivity index (χ4v) is 0.232. The Hall–Kier alpha value is -0.650. The Morgan fingerprint density at radius 3 is 2.71 bits per heavy atom. The highest BCUT2D eigenvalue weighted by Gasteiger charge is 2.18. The normalized spacial score (nSPS) is 30.4. The summed E-state index contributed by atoms with van der Waals surface area (Å²) in [6, 6.07) is 0. The highest BCUT2D eigenvalue weighted by molar-refractivity contribution is 5.77. The average molecular weight is 103 g/mol. The minimum atomic E-state index is -0.736. The van der Waals surface area contributed by atoms with E-state index in [2.05, 4.69) is 9.68 Å². The standard InChI is InChI=1S/C2H5N3O2/c3-1-2(4)7-5-6-1/h1,4-5H,3H2. The molecule has 4 N–H and O–H groups in total. The molecule has 0 spiro atoms. The van der Waals surface area contributed by atoms with Crippen LogP contribution in [0.1, 0.15) is 0 Å². The van der Waals surface area contributed by atoms with Crippen LogP contribution in [0.4, 0.5) is 0 Å². The zero-order valence-corrected chi connectivity index (χ0v) is 3.47. The van der Waals surface area contributed by atoms with Crippen molar-refractivity contribution in [2.75, 3.05) is 0 Å². The molecule has 1 aliphatic rings. The summed E-state index contributed by atoms with van der Waals surface area (Å²) in [5, 5.41) is 6.72. The van der Waals surface area contributed by atoms with E-state index in [0.29, 0.717) is 0 Å². The number of nitrogens with one attached hydrogen (secondary N) is 2. The second-order valence-corrected chi connectivity index (χ2v) is 1.09. The van der Waals surface area contributed by atoms with Gasteiger partial charge >= 0.3 is 0 Å². The largest absolute Gasteiger partial charge is 0.364 e. The summed E-state index contributed by atoms with van der Waals surface area (Å²) in [5.74, 6) is -0.0972. The van der Waals surface area contributed by atoms with Gasteiger partial charge < -0.3 is 4.84 Å². The molecule has 7 heavy (non-hydrogen) atoms. The zero-order chi connectivity index (χ0) is 5.28. The molecule has 5 nitrogen and oxygen atoms in total. The van der Waals surface area contributed by atoms with Gasteiger partial charge in [0.1, 0.15) is 0 Å². The van der Waals surface area contributed by atoms with Crippen LogP contribution in [0.15, 0.2) is 0 Å². The molecule has 0 aromatic carbocycles. The number of hydrogen-bond donors (Lipinski definition) is 3. The molecule has 1 fully saturated rings. The minimum Gasteiger partial charge on any atom is -0.364 e. The van der Waals surface area contributed by atoms with Crippen molar-refractivity contribution in [3.05, 3.63) is 0 Å². The van der Waals surface area contributed by atoms with Crippen LogP contribution in [0.5, 0.6) is 0 Å². The van der Waals surface area contributed by atoms with E-state index in [4.69, 9.17) is 11.1 Å². The summed E-state index contributed by atoms with van der Waals surface area (Å²) < 4.78 is 0. The highest BCUT2D eigenvalue weighted by Crippen LogP contribution is 1.90. The summed E-state index contributed by atoms with van der Waals surface area (Å²) in [7, 11) is 0. The summed E-state index contributed by atoms with van der Waals surface area (Å²) in [6.45, 7) is 0. The van der Waals surface area contributed by atoms with Crippen LogP contribution in [0.3, 0.4) is 0 Å². The lowest BCUT2D eigenvalue weighted by atomic mass is 10.6. The monoisotopic (exact) mass is 103 g/mol. The van der Waals surface area contributed by atoms with E-state index in [1.807, 2.05) is 5.64 Å². The van der Waals surface area contributed by atoms with Gasteiger partial charge in [0, 0.05) is 0 Å². The average Bonchev–Trinajstić information content (AvgIpc) is 1.91. The molecule has 1 atom stereocenters. The predicted octanol–water partition coefficient (Wildman–Crippen LogP) is -1.29. The van der Waals surface area contributed by atoms with Gasteiger partial charge in [-0.25, -0.2) is 4.84 Å². The third kappa shape index (κ3) is 0.687. The van der Waals surface area contributed by atoms with E-state index in [9.17, 15) is 0 Å². The fourth-order valence-electron chi connectivity index (χ4n) is 0.232. The first-order valence-electron chi connectivity index (χ1n) is 1.72. The molecule has 1 unspecified atom stereocenters. The SMILES string of the molecule is N=C1ONOC1N. The molecule has 1 heterocycles. The molecule has 0 amide bonds. The van der Waals surface area contributed by atoms with E-state index in [1.54, 1.807) is 0 Å². The van der Waals surface area contributed by atoms with Crippen LogP contribution >= 0.6 is 0 Å². The van der Waals surface area contributed by atoms with Crippen LogP contribution in [0, 0.1) is 5.41 Å². The molecule has 1 rings (SSSR count). The van der Waals surface area contributed by atoms with Crippen LogP contribution in [0.25, 0.3) is 0 Å². The first-order chi connectivity index (χ1) is 3.30. The van der Waals surface area contributed by atoms with Crippen molar-refractivity contribution in [1.82, 2.24) is 5.64 Å². The van der Waals surface area contributed by atoms with Gasteiger partial charge in [-0.3, -0.25) is 11.1 Å². The molecule has 0 aromatic heterocycles. The van der Waals surface area contributed by atoms with Crippen molar-refractivity contribution in [2.45, 2.75) is 6.23 Å². The Morgan fingerprint density at radius 2 is 2.57 bits per heavy atom. The predicted molar refractivity (Wildman–Crippen MR) is 21.0 cm³/mol. The lowest BCUT2D eigenvalue weighted by molar-refractivity contribution is -0.0723. The highest BCUT2D eigenvalue weighted by atomic mass is 17.0. The summed E-state index contributed by atoms with van der Waals surface area (Å²) in [6.07, 6.45) is -0.736. The molecule has 0 aliphatic carbocycles. The van der Waals surface area contributed by atoms with E-state index < -0.39 is 6.23 Å². The summed E-state index contributed by atoms with van der Waals surface area (Å²) in [5.41, 5.74) is 7.02. The quantitative estimate of drug-likeness (QED) is 0.356. The van der Waals surface area contributed by atoms with Gasteiger partial charge in [-0.15, -0.1) is 0 Å². The van der Waals surface area contributed by atoms with Crippen LogP contribution in [-0.4, -0.2) is 12.1 Å². The smallest absolute Gasteiger partial charge is 0.255 e. The number of nitrogens with two attached hydrogens (primary N) is 1. The Kier molecular flexibility index (Phi) is 0.935. The van der Waals surface area contributed by atoms with Crippen molar-refractivity contribution in [1.29, 1.82) is 5.41 Å². The first kappa shape index (κ1) is 4.51. The molecule has 0 radical (unpaired) electrons. The molecule has 1 aliphatic heterocycles. The second-order valence-electron chi connectivity index (χ2n) is 1.09. The van der Waals surface area contributed by atoms with E-state index in [0.717, 1.165) is 0 Å². The van der Waals surface area contributed by atoms with Crippen molar-refractivity contribution in [3.63, 3.8) is 0 Å². The molecule has 40 valence electrons. The van der Waals surface area contributed by atoms with Gasteiger partial charge in [-0.2, -0.15) is 0 Å². The molecule has 5 heteroatoms. The minimum absolute atomic E-state index is 0.0972. The summed E-state index contributed by atoms with van der Waals surface area (Å²) >= 11 is 0. The van der Waals surface area contributed by atoms with Gasteiger partial charge in [0.2, 0.25) is 6.23 Å². The Morgan fingerprint density at radius 1 is 1.86 bits per heavy atom. The van der Waals surface area contributed by atoms with Gasteiger partial charge in [0.15, 0.2) is 0 Å². The van der Waals surface area contributed by atoms with Crippen LogP contribution < -0.4 is 11.4 Å². The summed E-state index contributed by atoms with van der Waals surface area (Å²) in [4.78, 5) is 8.60. The van der Waals surface area contributed by atoms with Crippen molar-refractivity contribution in [2.24, 2.45) is 5.73 Å². The van der Waals surface area contributed by atoms with Gasteiger partial charge in [0.25, 0.3) is 5.90 Å². The Bertz CT molecular complexity index is 92.9.